The van der Waals surface area contributed by atoms with Gasteiger partial charge < -0.3 is 10.0 Å². The van der Waals surface area contributed by atoms with Crippen LogP contribution < -0.4 is 0 Å². The predicted octanol–water partition coefficient (Wildman–Crippen LogP) is 1.99. The molecule has 0 bridgehead atoms. The minimum absolute atomic E-state index is 0.666. The Morgan fingerprint density at radius 2 is 2.20 bits per heavy atom. The van der Waals surface area contributed by atoms with Crippen LogP contribution in [0.25, 0.3) is 0 Å². The summed E-state index contributed by atoms with van der Waals surface area (Å²) in [5.74, 6) is 0. The van der Waals surface area contributed by atoms with Gasteiger partial charge in [-0.1, -0.05) is 6.07 Å². The first-order valence-electron chi connectivity index (χ1n) is 6.46. The quantitative estimate of drug-likeness (QED) is 0.905. The predicted molar refractivity (Wildman–Crippen MR) is 81.5 cm³/mol. The van der Waals surface area contributed by atoms with Crippen LogP contribution in [0.3, 0.4) is 0 Å². The van der Waals surface area contributed by atoms with Crippen LogP contribution in [-0.4, -0.2) is 45.4 Å². The first kappa shape index (κ1) is 15.2. The van der Waals surface area contributed by atoms with Crippen molar-refractivity contribution in [3.8, 4) is 0 Å². The van der Waals surface area contributed by atoms with Crippen LogP contribution >= 0.6 is 15.9 Å². The van der Waals surface area contributed by atoms with Crippen LogP contribution in [0.2, 0.25) is 0 Å². The second kappa shape index (κ2) is 6.47. The number of aliphatic hydroxyl groups is 1. The molecule has 0 saturated heterocycles. The molecule has 1 unspecified atom stereocenters. The third-order valence-electron chi connectivity index (χ3n) is 3.16. The van der Waals surface area contributed by atoms with E-state index in [1.54, 1.807) is 12.4 Å². The van der Waals surface area contributed by atoms with Crippen molar-refractivity contribution in [1.82, 2.24) is 19.7 Å². The van der Waals surface area contributed by atoms with E-state index in [1.165, 1.54) is 0 Å². The lowest BCUT2D eigenvalue weighted by molar-refractivity contribution is 0.199. The second-order valence-corrected chi connectivity index (χ2v) is 5.87. The van der Waals surface area contributed by atoms with Crippen LogP contribution in [0.1, 0.15) is 23.1 Å². The molecule has 2 aromatic heterocycles. The molecule has 0 aliphatic heterocycles. The minimum atomic E-state index is -0.782. The van der Waals surface area contributed by atoms with Gasteiger partial charge in [0.2, 0.25) is 0 Å². The molecule has 6 heteroatoms. The van der Waals surface area contributed by atoms with Crippen molar-refractivity contribution < 1.29 is 5.11 Å². The van der Waals surface area contributed by atoms with Gasteiger partial charge >= 0.3 is 0 Å². The Kier molecular flexibility index (Phi) is 4.91. The van der Waals surface area contributed by atoms with Gasteiger partial charge in [-0.3, -0.25) is 9.67 Å². The number of pyridine rings is 1. The lowest BCUT2D eigenvalue weighted by Crippen LogP contribution is -2.21. The molecule has 0 saturated carbocycles. The van der Waals surface area contributed by atoms with Gasteiger partial charge in [-0.2, -0.15) is 5.10 Å². The average Bonchev–Trinajstić information content (AvgIpc) is 2.77. The maximum absolute atomic E-state index is 10.6. The topological polar surface area (TPSA) is 54.2 Å². The van der Waals surface area contributed by atoms with Gasteiger partial charge in [0.25, 0.3) is 0 Å². The van der Waals surface area contributed by atoms with Crippen LogP contribution in [0.15, 0.2) is 29.0 Å². The summed E-state index contributed by atoms with van der Waals surface area (Å²) in [7, 11) is 4.02. The summed E-state index contributed by atoms with van der Waals surface area (Å²) in [6.45, 7) is 3.52. The van der Waals surface area contributed by atoms with Gasteiger partial charge in [-0.15, -0.1) is 0 Å². The van der Waals surface area contributed by atoms with Crippen LogP contribution in [-0.2, 0) is 6.54 Å². The number of hydrogen-bond acceptors (Lipinski definition) is 4. The minimum Gasteiger partial charge on any atom is -0.380 e. The van der Waals surface area contributed by atoms with Gasteiger partial charge in [0.1, 0.15) is 6.10 Å². The summed E-state index contributed by atoms with van der Waals surface area (Å²) in [5.41, 5.74) is 2.38. The highest BCUT2D eigenvalue weighted by molar-refractivity contribution is 9.10. The summed E-state index contributed by atoms with van der Waals surface area (Å²) in [5, 5.41) is 14.9. The van der Waals surface area contributed by atoms with E-state index in [1.807, 2.05) is 37.8 Å². The standard InChI is InChI=1S/C14H19BrN4O/c1-10-5-4-6-16-12(10)14(20)13-11(15)9-17-19(13)8-7-18(2)3/h4-6,9,14,20H,7-8H2,1-3H3. The smallest absolute Gasteiger partial charge is 0.139 e. The van der Waals surface area contributed by atoms with Crippen molar-refractivity contribution in [2.75, 3.05) is 20.6 Å². The summed E-state index contributed by atoms with van der Waals surface area (Å²) in [6, 6.07) is 3.81. The second-order valence-electron chi connectivity index (χ2n) is 5.01. The fraction of sp³-hybridized carbons (Fsp3) is 0.429. The fourth-order valence-corrected chi connectivity index (χ4v) is 2.54. The molecule has 0 spiro atoms. The highest BCUT2D eigenvalue weighted by atomic mass is 79.9. The SMILES string of the molecule is Cc1cccnc1C(O)c1c(Br)cnn1CCN(C)C. The fourth-order valence-electron chi connectivity index (χ4n) is 2.03. The van der Waals surface area contributed by atoms with Gasteiger partial charge in [0, 0.05) is 12.7 Å². The zero-order valence-electron chi connectivity index (χ0n) is 11.9. The van der Waals surface area contributed by atoms with E-state index < -0.39 is 6.10 Å². The number of nitrogens with zero attached hydrogens (tertiary/aromatic N) is 4. The van der Waals surface area contributed by atoms with Crippen molar-refractivity contribution in [3.05, 3.63) is 46.0 Å². The Hall–Kier alpha value is -1.24. The Morgan fingerprint density at radius 3 is 2.85 bits per heavy atom. The number of halogens is 1. The normalized spacial score (nSPS) is 12.9. The van der Waals surface area contributed by atoms with Crippen molar-refractivity contribution in [2.45, 2.75) is 19.6 Å². The van der Waals surface area contributed by atoms with Gasteiger partial charge in [0.15, 0.2) is 0 Å². The highest BCUT2D eigenvalue weighted by Crippen LogP contribution is 2.28. The van der Waals surface area contributed by atoms with Gasteiger partial charge in [0.05, 0.1) is 28.6 Å². The molecule has 2 heterocycles. The molecule has 2 aromatic rings. The first-order chi connectivity index (χ1) is 9.50. The number of aromatic nitrogens is 3. The molecule has 0 aliphatic rings. The number of rotatable bonds is 5. The summed E-state index contributed by atoms with van der Waals surface area (Å²) < 4.78 is 2.62. The van der Waals surface area contributed by atoms with Crippen molar-refractivity contribution in [3.63, 3.8) is 0 Å². The zero-order chi connectivity index (χ0) is 14.7. The molecule has 0 radical (unpaired) electrons. The summed E-state index contributed by atoms with van der Waals surface area (Å²) in [6.07, 6.45) is 2.63. The van der Waals surface area contributed by atoms with E-state index in [9.17, 15) is 5.11 Å². The van der Waals surface area contributed by atoms with Gasteiger partial charge in [-0.25, -0.2) is 0 Å². The van der Waals surface area contributed by atoms with Crippen molar-refractivity contribution in [2.24, 2.45) is 0 Å². The number of aliphatic hydroxyl groups excluding tert-OH is 1. The van der Waals surface area contributed by atoms with Crippen molar-refractivity contribution >= 4 is 15.9 Å². The molecule has 5 nitrogen and oxygen atoms in total. The average molecular weight is 339 g/mol. The van der Waals surface area contributed by atoms with E-state index in [4.69, 9.17) is 0 Å². The molecule has 0 aliphatic carbocycles. The van der Waals surface area contributed by atoms with Crippen LogP contribution in [0, 0.1) is 6.92 Å². The monoisotopic (exact) mass is 338 g/mol. The molecule has 108 valence electrons. The maximum Gasteiger partial charge on any atom is 0.139 e. The van der Waals surface area contributed by atoms with E-state index >= 15 is 0 Å². The van der Waals surface area contributed by atoms with E-state index in [-0.39, 0.29) is 0 Å². The molecule has 1 atom stereocenters. The number of hydrogen-bond donors (Lipinski definition) is 1. The third kappa shape index (κ3) is 3.26. The molecule has 20 heavy (non-hydrogen) atoms. The maximum atomic E-state index is 10.6. The van der Waals surface area contributed by atoms with Crippen LogP contribution in [0.4, 0.5) is 0 Å². The summed E-state index contributed by atoms with van der Waals surface area (Å²) >= 11 is 3.46. The molecule has 1 N–H and O–H groups in total. The highest BCUT2D eigenvalue weighted by Gasteiger charge is 2.22. The lowest BCUT2D eigenvalue weighted by atomic mass is 10.1. The molecular formula is C14H19BrN4O. The Labute approximate surface area is 127 Å². The largest absolute Gasteiger partial charge is 0.380 e. The Balaban J connectivity index is 2.32. The number of likely N-dealkylation sites (N-methyl/N-ethyl adjacent to an activating group) is 1. The molecule has 0 amide bonds. The third-order valence-corrected chi connectivity index (χ3v) is 3.77. The van der Waals surface area contributed by atoms with E-state index in [0.29, 0.717) is 5.69 Å². The van der Waals surface area contributed by atoms with E-state index in [0.717, 1.165) is 28.8 Å². The molecule has 0 fully saturated rings. The molecule has 0 aromatic carbocycles. The molecular weight excluding hydrogens is 320 g/mol. The summed E-state index contributed by atoms with van der Waals surface area (Å²) in [4.78, 5) is 6.37. The van der Waals surface area contributed by atoms with E-state index in [2.05, 4.69) is 30.9 Å². The first-order valence-corrected chi connectivity index (χ1v) is 7.25. The Morgan fingerprint density at radius 1 is 1.45 bits per heavy atom. The lowest BCUT2D eigenvalue weighted by Gasteiger charge is -2.17. The van der Waals surface area contributed by atoms with Crippen molar-refractivity contribution in [1.29, 1.82) is 0 Å². The Bertz CT molecular complexity index is 582. The number of aryl methyl sites for hydroxylation is 1. The van der Waals surface area contributed by atoms with Crippen LogP contribution in [0.5, 0.6) is 0 Å². The van der Waals surface area contributed by atoms with Gasteiger partial charge in [-0.05, 0) is 48.6 Å². The zero-order valence-corrected chi connectivity index (χ0v) is 13.5. The molecule has 2 rings (SSSR count).